The van der Waals surface area contributed by atoms with Crippen LogP contribution in [0.25, 0.3) is 0 Å². The lowest BCUT2D eigenvalue weighted by Gasteiger charge is -2.18. The second-order valence-electron chi connectivity index (χ2n) is 4.13. The Hall–Kier alpha value is -2.09. The molecule has 0 amide bonds. The van der Waals surface area contributed by atoms with Crippen LogP contribution < -0.4 is 0 Å². The molecule has 0 aliphatic heterocycles. The first-order valence-electron chi connectivity index (χ1n) is 5.50. The molecule has 0 spiro atoms. The first-order valence-corrected chi connectivity index (χ1v) is 5.50. The second-order valence-corrected chi connectivity index (χ2v) is 4.13. The maximum absolute atomic E-state index is 12.5. The van der Waals surface area contributed by atoms with Crippen LogP contribution >= 0.6 is 0 Å². The zero-order valence-electron chi connectivity index (χ0n) is 10.2. The average Bonchev–Trinajstić information content (AvgIpc) is 2.26. The van der Waals surface area contributed by atoms with Crippen molar-refractivity contribution in [1.82, 2.24) is 4.90 Å². The number of carbonyl (C=O) groups is 2. The highest BCUT2D eigenvalue weighted by Crippen LogP contribution is 2.29. The summed E-state index contributed by atoms with van der Waals surface area (Å²) in [4.78, 5) is 22.2. The van der Waals surface area contributed by atoms with Crippen LogP contribution in [-0.4, -0.2) is 40.1 Å². The van der Waals surface area contributed by atoms with Crippen LogP contribution in [0.15, 0.2) is 24.3 Å². The molecule has 0 saturated heterocycles. The number of hydrogen-bond acceptors (Lipinski definition) is 3. The van der Waals surface area contributed by atoms with Crippen molar-refractivity contribution in [3.8, 4) is 0 Å². The summed E-state index contributed by atoms with van der Waals surface area (Å²) in [5.41, 5.74) is -0.664. The van der Waals surface area contributed by atoms with E-state index in [1.165, 1.54) is 12.1 Å². The fourth-order valence-corrected chi connectivity index (χ4v) is 1.65. The number of nitrogens with zero attached hydrogens (tertiary/aromatic N) is 1. The van der Waals surface area contributed by atoms with E-state index in [2.05, 4.69) is 0 Å². The van der Waals surface area contributed by atoms with Gasteiger partial charge in [0.05, 0.1) is 18.7 Å². The Morgan fingerprint density at radius 3 is 2.10 bits per heavy atom. The molecule has 110 valence electrons. The van der Waals surface area contributed by atoms with E-state index >= 15 is 0 Å². The molecule has 8 heteroatoms. The predicted molar refractivity (Wildman–Crippen MR) is 62.0 cm³/mol. The summed E-state index contributed by atoms with van der Waals surface area (Å²) in [5, 5.41) is 17.3. The summed E-state index contributed by atoms with van der Waals surface area (Å²) in [7, 11) is 0. The Labute approximate surface area is 112 Å². The van der Waals surface area contributed by atoms with Crippen molar-refractivity contribution in [3.63, 3.8) is 0 Å². The molecule has 0 unspecified atom stereocenters. The quantitative estimate of drug-likeness (QED) is 0.833. The van der Waals surface area contributed by atoms with Gasteiger partial charge in [-0.25, -0.2) is 0 Å². The van der Waals surface area contributed by atoms with E-state index in [0.717, 1.165) is 17.0 Å². The molecule has 20 heavy (non-hydrogen) atoms. The highest BCUT2D eigenvalue weighted by Gasteiger charge is 2.30. The van der Waals surface area contributed by atoms with Gasteiger partial charge in [-0.1, -0.05) is 18.2 Å². The molecule has 1 aromatic rings. The number of halogens is 3. The van der Waals surface area contributed by atoms with E-state index < -0.39 is 36.8 Å². The summed E-state index contributed by atoms with van der Waals surface area (Å²) >= 11 is 0. The number of aliphatic carboxylic acids is 2. The Balaban J connectivity index is 2.87. The van der Waals surface area contributed by atoms with Crippen molar-refractivity contribution in [2.75, 3.05) is 13.1 Å². The molecule has 0 heterocycles. The van der Waals surface area contributed by atoms with Crippen molar-refractivity contribution in [1.29, 1.82) is 0 Å². The van der Waals surface area contributed by atoms with Crippen molar-refractivity contribution < 1.29 is 33.0 Å². The third-order valence-electron chi connectivity index (χ3n) is 2.38. The van der Waals surface area contributed by atoms with Gasteiger partial charge in [0.2, 0.25) is 0 Å². The lowest BCUT2D eigenvalue weighted by Crippen LogP contribution is -2.34. The summed E-state index contributed by atoms with van der Waals surface area (Å²) in [6.45, 7) is -1.33. The number of hydrogen-bond donors (Lipinski definition) is 2. The SMILES string of the molecule is O=C(O)CN(CC(=O)O)Cc1cccc(C(F)(F)F)c1. The third kappa shape index (κ3) is 5.27. The number of rotatable bonds is 6. The van der Waals surface area contributed by atoms with Gasteiger partial charge in [-0.15, -0.1) is 0 Å². The van der Waals surface area contributed by atoms with Crippen molar-refractivity contribution in [3.05, 3.63) is 35.4 Å². The summed E-state index contributed by atoms with van der Waals surface area (Å²) in [6, 6.07) is 4.34. The van der Waals surface area contributed by atoms with Crippen molar-refractivity contribution in [2.45, 2.75) is 12.7 Å². The van der Waals surface area contributed by atoms with Gasteiger partial charge in [-0.2, -0.15) is 13.2 Å². The Morgan fingerprint density at radius 1 is 1.10 bits per heavy atom. The van der Waals surface area contributed by atoms with E-state index in [1.54, 1.807) is 0 Å². The average molecular weight is 291 g/mol. The first kappa shape index (κ1) is 16.0. The van der Waals surface area contributed by atoms with Gasteiger partial charge in [0.1, 0.15) is 0 Å². The molecule has 0 aliphatic rings. The van der Waals surface area contributed by atoms with Gasteiger partial charge >= 0.3 is 18.1 Å². The van der Waals surface area contributed by atoms with Crippen molar-refractivity contribution in [2.24, 2.45) is 0 Å². The molecule has 5 nitrogen and oxygen atoms in total. The molecule has 0 saturated carbocycles. The van der Waals surface area contributed by atoms with E-state index in [1.807, 2.05) is 0 Å². The number of alkyl halides is 3. The minimum Gasteiger partial charge on any atom is -0.480 e. The largest absolute Gasteiger partial charge is 0.480 e. The third-order valence-corrected chi connectivity index (χ3v) is 2.38. The highest BCUT2D eigenvalue weighted by molar-refractivity contribution is 5.72. The predicted octanol–water partition coefficient (Wildman–Crippen LogP) is 1.68. The lowest BCUT2D eigenvalue weighted by atomic mass is 10.1. The number of carboxylic acids is 2. The molecule has 0 aliphatic carbocycles. The molecule has 0 atom stereocenters. The van der Waals surface area contributed by atoms with E-state index in [-0.39, 0.29) is 12.1 Å². The number of benzene rings is 1. The van der Waals surface area contributed by atoms with E-state index in [0.29, 0.717) is 0 Å². The minimum absolute atomic E-state index is 0.192. The van der Waals surface area contributed by atoms with Crippen LogP contribution in [0.3, 0.4) is 0 Å². The molecular formula is C12H12F3NO4. The monoisotopic (exact) mass is 291 g/mol. The zero-order valence-corrected chi connectivity index (χ0v) is 10.2. The molecule has 0 fully saturated rings. The van der Waals surface area contributed by atoms with Gasteiger partial charge in [0.15, 0.2) is 0 Å². The van der Waals surface area contributed by atoms with Crippen molar-refractivity contribution >= 4 is 11.9 Å². The maximum atomic E-state index is 12.5. The van der Waals surface area contributed by atoms with Gasteiger partial charge in [-0.05, 0) is 11.6 Å². The molecule has 0 aromatic heterocycles. The second kappa shape index (κ2) is 6.38. The first-order chi connectivity index (χ1) is 9.18. The molecular weight excluding hydrogens is 279 g/mol. The normalized spacial score (nSPS) is 11.6. The molecule has 1 aromatic carbocycles. The van der Waals surface area contributed by atoms with E-state index in [4.69, 9.17) is 10.2 Å². The Kier molecular flexibility index (Phi) is 5.09. The number of carboxylic acid groups (broad SMARTS) is 2. The standard InChI is InChI=1S/C12H12F3NO4/c13-12(14,15)9-3-1-2-8(4-9)5-16(6-10(17)18)7-11(19)20/h1-4H,5-7H2,(H,17,18)(H,19,20). The van der Waals surface area contributed by atoms with Gasteiger partial charge in [-0.3, -0.25) is 14.5 Å². The van der Waals surface area contributed by atoms with Gasteiger partial charge in [0, 0.05) is 6.54 Å². The fraction of sp³-hybridized carbons (Fsp3) is 0.333. The zero-order chi connectivity index (χ0) is 15.3. The summed E-state index contributed by atoms with van der Waals surface area (Å²) in [5.74, 6) is -2.50. The smallest absolute Gasteiger partial charge is 0.416 e. The Bertz CT molecular complexity index is 486. The van der Waals surface area contributed by atoms with Crippen LogP contribution in [0.2, 0.25) is 0 Å². The molecule has 0 radical (unpaired) electrons. The minimum atomic E-state index is -4.50. The maximum Gasteiger partial charge on any atom is 0.416 e. The van der Waals surface area contributed by atoms with E-state index in [9.17, 15) is 22.8 Å². The summed E-state index contributed by atoms with van der Waals surface area (Å²) in [6.07, 6.45) is -4.50. The van der Waals surface area contributed by atoms with Crippen LogP contribution in [0.1, 0.15) is 11.1 Å². The topological polar surface area (TPSA) is 77.8 Å². The lowest BCUT2D eigenvalue weighted by molar-refractivity contribution is -0.142. The van der Waals surface area contributed by atoms with Crippen LogP contribution in [0.4, 0.5) is 13.2 Å². The van der Waals surface area contributed by atoms with Crippen LogP contribution in [-0.2, 0) is 22.3 Å². The highest BCUT2D eigenvalue weighted by atomic mass is 19.4. The molecule has 1 rings (SSSR count). The van der Waals surface area contributed by atoms with Gasteiger partial charge in [0.25, 0.3) is 0 Å². The summed E-state index contributed by atoms with van der Waals surface area (Å²) < 4.78 is 37.6. The Morgan fingerprint density at radius 2 is 1.65 bits per heavy atom. The fourth-order valence-electron chi connectivity index (χ4n) is 1.65. The van der Waals surface area contributed by atoms with Gasteiger partial charge < -0.3 is 10.2 Å². The molecule has 2 N–H and O–H groups in total. The molecule has 0 bridgehead atoms. The van der Waals surface area contributed by atoms with Crippen LogP contribution in [0, 0.1) is 0 Å². The van der Waals surface area contributed by atoms with Crippen LogP contribution in [0.5, 0.6) is 0 Å².